The highest BCUT2D eigenvalue weighted by molar-refractivity contribution is 5.87. The van der Waals surface area contributed by atoms with Crippen LogP contribution < -0.4 is 0 Å². The molecule has 0 aliphatic carbocycles. The van der Waals surface area contributed by atoms with Crippen LogP contribution in [0.3, 0.4) is 0 Å². The van der Waals surface area contributed by atoms with Gasteiger partial charge >= 0.3 is 11.9 Å². The molecule has 0 saturated carbocycles. The van der Waals surface area contributed by atoms with Crippen molar-refractivity contribution in [1.29, 1.82) is 0 Å². The van der Waals surface area contributed by atoms with Gasteiger partial charge in [-0.15, -0.1) is 5.06 Å². The average Bonchev–Trinajstić information content (AvgIpc) is 2.55. The van der Waals surface area contributed by atoms with Gasteiger partial charge in [-0.05, 0) is 6.42 Å². The van der Waals surface area contributed by atoms with Crippen molar-refractivity contribution in [3.8, 4) is 0 Å². The van der Waals surface area contributed by atoms with E-state index >= 15 is 0 Å². The minimum atomic E-state index is -0.974. The Labute approximate surface area is 138 Å². The number of hydrogen-bond acceptors (Lipinski definition) is 8. The maximum absolute atomic E-state index is 11.5. The summed E-state index contributed by atoms with van der Waals surface area (Å²) in [5.74, 6) is -3.11. The van der Waals surface area contributed by atoms with E-state index in [-0.39, 0.29) is 30.7 Å². The Morgan fingerprint density at radius 3 is 1.96 bits per heavy atom. The second-order valence-corrected chi connectivity index (χ2v) is 4.60. The number of carbonyl (C=O) groups is 6. The Morgan fingerprint density at radius 1 is 0.875 bits per heavy atom. The van der Waals surface area contributed by atoms with Crippen molar-refractivity contribution in [3.63, 3.8) is 0 Å². The highest BCUT2D eigenvalue weighted by Crippen LogP contribution is 2.03. The maximum atomic E-state index is 11.5. The summed E-state index contributed by atoms with van der Waals surface area (Å²) in [6.45, 7) is 1.71. The zero-order valence-corrected chi connectivity index (χ0v) is 13.6. The number of amides is 3. The third-order valence-electron chi connectivity index (χ3n) is 2.60. The molecule has 10 nitrogen and oxygen atoms in total. The van der Waals surface area contributed by atoms with Gasteiger partial charge in [0.1, 0.15) is 6.29 Å². The van der Waals surface area contributed by atoms with Gasteiger partial charge in [0.25, 0.3) is 18.2 Å². The number of nitrogens with zero attached hydrogens (tertiary/aromatic N) is 2. The predicted molar refractivity (Wildman–Crippen MR) is 77.3 cm³/mol. The molecule has 0 unspecified atom stereocenters. The first kappa shape index (κ1) is 21.2. The highest BCUT2D eigenvalue weighted by Gasteiger charge is 2.20. The van der Waals surface area contributed by atoms with Crippen molar-refractivity contribution in [3.05, 3.63) is 0 Å². The monoisotopic (exact) mass is 344 g/mol. The zero-order chi connectivity index (χ0) is 18.5. The summed E-state index contributed by atoms with van der Waals surface area (Å²) in [4.78, 5) is 75.8. The lowest BCUT2D eigenvalue weighted by Gasteiger charge is -2.16. The van der Waals surface area contributed by atoms with Crippen LogP contribution in [0.1, 0.15) is 45.4 Å². The molecule has 0 spiro atoms. The third-order valence-corrected chi connectivity index (χ3v) is 2.60. The van der Waals surface area contributed by atoms with Crippen molar-refractivity contribution >= 4 is 36.4 Å². The second-order valence-electron chi connectivity index (χ2n) is 4.60. The van der Waals surface area contributed by atoms with E-state index in [0.29, 0.717) is 17.8 Å². The Bertz CT molecular complexity index is 491. The van der Waals surface area contributed by atoms with Crippen molar-refractivity contribution in [2.45, 2.75) is 45.4 Å². The molecular formula is C14H20N2O8. The minimum absolute atomic E-state index is 0.000365. The van der Waals surface area contributed by atoms with E-state index in [4.69, 9.17) is 0 Å². The van der Waals surface area contributed by atoms with Gasteiger partial charge in [0.05, 0.1) is 12.8 Å². The molecule has 3 amide bonds. The van der Waals surface area contributed by atoms with Gasteiger partial charge < -0.3 is 14.5 Å². The van der Waals surface area contributed by atoms with Crippen molar-refractivity contribution in [2.75, 3.05) is 7.05 Å². The fraction of sp³-hybridized carbons (Fsp3) is 0.571. The fourth-order valence-electron chi connectivity index (χ4n) is 1.40. The van der Waals surface area contributed by atoms with Crippen LogP contribution >= 0.6 is 0 Å². The Hall–Kier alpha value is -2.78. The lowest BCUT2D eigenvalue weighted by atomic mass is 10.3. The summed E-state index contributed by atoms with van der Waals surface area (Å²) >= 11 is 0. The fourth-order valence-corrected chi connectivity index (χ4v) is 1.40. The van der Waals surface area contributed by atoms with Crippen LogP contribution in [0.15, 0.2) is 0 Å². The lowest BCUT2D eigenvalue weighted by molar-refractivity contribution is -0.199. The molecule has 10 heteroatoms. The minimum Gasteiger partial charge on any atom is -0.338 e. The molecule has 0 atom stereocenters. The van der Waals surface area contributed by atoms with Crippen LogP contribution in [-0.4, -0.2) is 53.6 Å². The van der Waals surface area contributed by atoms with Crippen LogP contribution in [0, 0.1) is 0 Å². The summed E-state index contributed by atoms with van der Waals surface area (Å²) in [5, 5.41) is 0.936. The van der Waals surface area contributed by atoms with Crippen LogP contribution in [0.4, 0.5) is 0 Å². The van der Waals surface area contributed by atoms with E-state index in [0.717, 1.165) is 0 Å². The van der Waals surface area contributed by atoms with Gasteiger partial charge in [0.2, 0.25) is 0 Å². The predicted octanol–water partition coefficient (Wildman–Crippen LogP) is -0.0944. The molecule has 0 saturated heterocycles. The SMILES string of the molecule is CCCC(=O)N(C=O)OC(=O)CCC(=O)ON(C)C(=O)CCC=O. The van der Waals surface area contributed by atoms with Crippen LogP contribution in [-0.2, 0) is 38.4 Å². The maximum Gasteiger partial charge on any atom is 0.333 e. The number of imide groups is 1. The van der Waals surface area contributed by atoms with Crippen molar-refractivity contribution in [2.24, 2.45) is 0 Å². The Balaban J connectivity index is 4.23. The van der Waals surface area contributed by atoms with E-state index in [2.05, 4.69) is 9.68 Å². The van der Waals surface area contributed by atoms with Crippen LogP contribution in [0.25, 0.3) is 0 Å². The molecule has 0 rings (SSSR count). The largest absolute Gasteiger partial charge is 0.338 e. The molecule has 134 valence electrons. The van der Waals surface area contributed by atoms with Gasteiger partial charge in [-0.2, -0.15) is 5.06 Å². The number of aldehydes is 1. The summed E-state index contributed by atoms with van der Waals surface area (Å²) in [6, 6.07) is 0. The standard InChI is InChI=1S/C14H20N2O8/c1-3-5-12(20)16(10-18)24-14(22)8-7-13(21)23-15(2)11(19)6-4-9-17/h9-10H,3-8H2,1-2H3. The molecule has 0 aliphatic rings. The first-order valence-electron chi connectivity index (χ1n) is 7.24. The Kier molecular flexibility index (Phi) is 10.4. The molecule has 0 aliphatic heterocycles. The summed E-state index contributed by atoms with van der Waals surface area (Å²) in [5.41, 5.74) is 0. The normalized spacial score (nSPS) is 9.58. The molecule has 0 heterocycles. The van der Waals surface area contributed by atoms with Gasteiger partial charge in [-0.1, -0.05) is 6.92 Å². The molecule has 24 heavy (non-hydrogen) atoms. The molecular weight excluding hydrogens is 324 g/mol. The molecule has 0 bridgehead atoms. The molecule has 0 aromatic carbocycles. The van der Waals surface area contributed by atoms with E-state index in [1.807, 2.05) is 0 Å². The van der Waals surface area contributed by atoms with Gasteiger partial charge in [0.15, 0.2) is 0 Å². The number of hydroxylamine groups is 4. The summed E-state index contributed by atoms with van der Waals surface area (Å²) in [6.07, 6.45) is 0.149. The molecule has 0 N–H and O–H groups in total. The van der Waals surface area contributed by atoms with Gasteiger partial charge in [-0.3, -0.25) is 14.4 Å². The van der Waals surface area contributed by atoms with Gasteiger partial charge in [0, 0.05) is 26.3 Å². The summed E-state index contributed by atoms with van der Waals surface area (Å²) < 4.78 is 0. The zero-order valence-electron chi connectivity index (χ0n) is 13.6. The topological polar surface area (TPSA) is 127 Å². The lowest BCUT2D eigenvalue weighted by Crippen LogP contribution is -2.33. The summed E-state index contributed by atoms with van der Waals surface area (Å²) in [7, 11) is 1.20. The van der Waals surface area contributed by atoms with Gasteiger partial charge in [-0.25, -0.2) is 9.59 Å². The number of hydrogen-bond donors (Lipinski definition) is 0. The van der Waals surface area contributed by atoms with Crippen LogP contribution in [0.2, 0.25) is 0 Å². The Morgan fingerprint density at radius 2 is 1.46 bits per heavy atom. The average molecular weight is 344 g/mol. The number of carbonyl (C=O) groups excluding carboxylic acids is 6. The first-order chi connectivity index (χ1) is 11.3. The highest BCUT2D eigenvalue weighted by atomic mass is 16.7. The third kappa shape index (κ3) is 8.61. The second kappa shape index (κ2) is 11.7. The van der Waals surface area contributed by atoms with Crippen molar-refractivity contribution < 1.29 is 38.4 Å². The van der Waals surface area contributed by atoms with E-state index in [1.165, 1.54) is 7.05 Å². The quantitative estimate of drug-likeness (QED) is 0.419. The van der Waals surface area contributed by atoms with E-state index in [9.17, 15) is 28.8 Å². The number of rotatable bonds is 9. The van der Waals surface area contributed by atoms with Crippen LogP contribution in [0.5, 0.6) is 0 Å². The first-order valence-corrected chi connectivity index (χ1v) is 7.24. The smallest absolute Gasteiger partial charge is 0.333 e. The molecule has 0 radical (unpaired) electrons. The molecule has 0 aromatic rings. The van der Waals surface area contributed by atoms with Crippen molar-refractivity contribution in [1.82, 2.24) is 10.1 Å². The van der Waals surface area contributed by atoms with E-state index in [1.54, 1.807) is 6.92 Å². The molecule has 0 fully saturated rings. The molecule has 0 aromatic heterocycles. The van der Waals surface area contributed by atoms with E-state index < -0.39 is 36.6 Å².